The Morgan fingerprint density at radius 1 is 1.41 bits per heavy atom. The summed E-state index contributed by atoms with van der Waals surface area (Å²) in [5.74, 6) is -5.08. The van der Waals surface area contributed by atoms with Crippen molar-refractivity contribution in [3.05, 3.63) is 23.5 Å². The molecule has 0 aliphatic heterocycles. The van der Waals surface area contributed by atoms with Gasteiger partial charge in [0.05, 0.1) is 4.70 Å². The number of anilines is 1. The fourth-order valence-corrected chi connectivity index (χ4v) is 2.15. The first kappa shape index (κ1) is 12.1. The highest BCUT2D eigenvalue weighted by atomic mass is 35.5. The molecule has 1 N–H and O–H groups in total. The number of fused-ring (bicyclic) bond motifs is 1. The Morgan fingerprint density at radius 3 is 2.76 bits per heavy atom. The number of nitrogens with one attached hydrogen (secondary N) is 1. The van der Waals surface area contributed by atoms with Gasteiger partial charge in [-0.25, -0.2) is 18.2 Å². The largest absolute Gasteiger partial charge is 0.301 e. The fourth-order valence-electron chi connectivity index (χ4n) is 1.18. The van der Waals surface area contributed by atoms with Crippen LogP contribution in [0.1, 0.15) is 0 Å². The zero-order chi connectivity index (χ0) is 12.6. The van der Waals surface area contributed by atoms with Crippen LogP contribution in [-0.4, -0.2) is 16.8 Å². The first-order chi connectivity index (χ1) is 8.02. The van der Waals surface area contributed by atoms with Gasteiger partial charge in [-0.1, -0.05) is 11.3 Å². The van der Waals surface area contributed by atoms with Gasteiger partial charge in [-0.3, -0.25) is 4.79 Å². The van der Waals surface area contributed by atoms with Crippen molar-refractivity contribution in [1.29, 1.82) is 0 Å². The molecule has 0 aliphatic rings. The highest BCUT2D eigenvalue weighted by Gasteiger charge is 2.17. The monoisotopic (exact) mass is 280 g/mol. The summed E-state index contributed by atoms with van der Waals surface area (Å²) >= 11 is 6.08. The molecule has 8 heteroatoms. The van der Waals surface area contributed by atoms with Gasteiger partial charge in [0.15, 0.2) is 22.6 Å². The van der Waals surface area contributed by atoms with Crippen molar-refractivity contribution in [3.63, 3.8) is 0 Å². The molecule has 90 valence electrons. The van der Waals surface area contributed by atoms with Crippen molar-refractivity contribution in [1.82, 2.24) is 4.98 Å². The zero-order valence-electron chi connectivity index (χ0n) is 8.06. The molecule has 0 bridgehead atoms. The third-order valence-corrected chi connectivity index (χ3v) is 3.05. The quantitative estimate of drug-likeness (QED) is 0.679. The van der Waals surface area contributed by atoms with Gasteiger partial charge in [0.1, 0.15) is 11.4 Å². The summed E-state index contributed by atoms with van der Waals surface area (Å²) < 4.78 is 39.2. The van der Waals surface area contributed by atoms with Crippen LogP contribution in [0.2, 0.25) is 0 Å². The summed E-state index contributed by atoms with van der Waals surface area (Å²) in [6, 6.07) is 0.821. The molecule has 0 spiro atoms. The maximum Gasteiger partial charge on any atom is 0.241 e. The summed E-state index contributed by atoms with van der Waals surface area (Å²) in [6.45, 7) is 0. The lowest BCUT2D eigenvalue weighted by atomic mass is 10.3. The van der Waals surface area contributed by atoms with Crippen molar-refractivity contribution in [2.24, 2.45) is 0 Å². The number of aromatic nitrogens is 1. The van der Waals surface area contributed by atoms with E-state index in [0.717, 1.165) is 17.4 Å². The highest BCUT2D eigenvalue weighted by Crippen LogP contribution is 2.30. The number of nitrogens with zero attached hydrogens (tertiary/aromatic N) is 1. The molecule has 0 saturated heterocycles. The van der Waals surface area contributed by atoms with E-state index >= 15 is 0 Å². The molecule has 1 amide bonds. The van der Waals surface area contributed by atoms with Crippen LogP contribution in [0.3, 0.4) is 0 Å². The first-order valence-corrected chi connectivity index (χ1v) is 5.68. The molecule has 0 radical (unpaired) electrons. The lowest BCUT2D eigenvalue weighted by Crippen LogP contribution is -2.12. The molecule has 0 atom stereocenters. The maximum atomic E-state index is 13.3. The van der Waals surface area contributed by atoms with Crippen LogP contribution >= 0.6 is 22.9 Å². The van der Waals surface area contributed by atoms with E-state index in [0.29, 0.717) is 0 Å². The third kappa shape index (κ3) is 2.20. The van der Waals surface area contributed by atoms with E-state index in [-0.39, 0.29) is 21.2 Å². The Balaban J connectivity index is 2.50. The van der Waals surface area contributed by atoms with Gasteiger partial charge in [-0.15, -0.1) is 11.6 Å². The van der Waals surface area contributed by atoms with E-state index in [1.54, 1.807) is 0 Å². The second-order valence-electron chi connectivity index (χ2n) is 3.03. The molecule has 0 aliphatic carbocycles. The summed E-state index contributed by atoms with van der Waals surface area (Å²) in [7, 11) is 0. The van der Waals surface area contributed by atoms with Gasteiger partial charge in [0.25, 0.3) is 0 Å². The van der Waals surface area contributed by atoms with Crippen LogP contribution in [0.4, 0.5) is 18.3 Å². The summed E-state index contributed by atoms with van der Waals surface area (Å²) in [4.78, 5) is 14.6. The number of thiazole rings is 1. The molecule has 1 aromatic carbocycles. The van der Waals surface area contributed by atoms with Crippen molar-refractivity contribution in [2.75, 3.05) is 11.2 Å². The lowest BCUT2D eigenvalue weighted by molar-refractivity contribution is -0.113. The van der Waals surface area contributed by atoms with E-state index in [1.165, 1.54) is 0 Å². The van der Waals surface area contributed by atoms with Crippen LogP contribution in [0.15, 0.2) is 6.07 Å². The minimum Gasteiger partial charge on any atom is -0.301 e. The standard InChI is InChI=1S/C9H4ClF3N2OS/c10-2-5(16)14-9-15-8-4(17-9)1-3(11)6(12)7(8)13/h1H,2H2,(H,14,15,16). The number of hydrogen-bond donors (Lipinski definition) is 1. The Bertz CT molecular complexity index is 601. The fraction of sp³-hybridized carbons (Fsp3) is 0.111. The van der Waals surface area contributed by atoms with Crippen molar-refractivity contribution < 1.29 is 18.0 Å². The second kappa shape index (κ2) is 4.50. The third-order valence-electron chi connectivity index (χ3n) is 1.89. The van der Waals surface area contributed by atoms with Crippen LogP contribution < -0.4 is 5.32 Å². The second-order valence-corrected chi connectivity index (χ2v) is 4.33. The number of rotatable bonds is 2. The van der Waals surface area contributed by atoms with E-state index in [9.17, 15) is 18.0 Å². The van der Waals surface area contributed by atoms with Crippen LogP contribution in [0.5, 0.6) is 0 Å². The average Bonchev–Trinajstić information content (AvgIpc) is 2.68. The molecule has 2 rings (SSSR count). The average molecular weight is 281 g/mol. The Labute approximate surface area is 102 Å². The molecule has 3 nitrogen and oxygen atoms in total. The SMILES string of the molecule is O=C(CCl)Nc1nc2c(F)c(F)c(F)cc2s1. The minimum atomic E-state index is -1.59. The van der Waals surface area contributed by atoms with E-state index in [1.807, 2.05) is 0 Å². The number of halogens is 4. The highest BCUT2D eigenvalue weighted by molar-refractivity contribution is 7.22. The Kier molecular flexibility index (Phi) is 3.21. The van der Waals surface area contributed by atoms with Gasteiger partial charge >= 0.3 is 0 Å². The summed E-state index contributed by atoms with van der Waals surface area (Å²) in [5.41, 5.74) is -0.321. The predicted molar refractivity (Wildman–Crippen MR) is 58.8 cm³/mol. The number of carbonyl (C=O) groups is 1. The smallest absolute Gasteiger partial charge is 0.241 e. The van der Waals surface area contributed by atoms with Crippen molar-refractivity contribution >= 4 is 44.2 Å². The Hall–Kier alpha value is -1.34. The zero-order valence-corrected chi connectivity index (χ0v) is 9.63. The maximum absolute atomic E-state index is 13.3. The van der Waals surface area contributed by atoms with Gasteiger partial charge in [0.2, 0.25) is 5.91 Å². The van der Waals surface area contributed by atoms with Gasteiger partial charge in [0, 0.05) is 0 Å². The molecule has 1 aromatic heterocycles. The molecule has 0 unspecified atom stereocenters. The van der Waals surface area contributed by atoms with Crippen molar-refractivity contribution in [2.45, 2.75) is 0 Å². The first-order valence-electron chi connectivity index (χ1n) is 4.32. The van der Waals surface area contributed by atoms with Crippen molar-refractivity contribution in [3.8, 4) is 0 Å². The predicted octanol–water partition coefficient (Wildman–Crippen LogP) is 2.89. The molecular formula is C9H4ClF3N2OS. The number of benzene rings is 1. The number of hydrogen-bond acceptors (Lipinski definition) is 3. The Morgan fingerprint density at radius 2 is 2.12 bits per heavy atom. The molecule has 2 aromatic rings. The van der Waals surface area contributed by atoms with Gasteiger partial charge in [-0.2, -0.15) is 0 Å². The number of amides is 1. The molecule has 0 saturated carbocycles. The number of alkyl halides is 1. The molecule has 1 heterocycles. The van der Waals surface area contributed by atoms with E-state index < -0.39 is 23.4 Å². The molecule has 0 fully saturated rings. The molecular weight excluding hydrogens is 277 g/mol. The van der Waals surface area contributed by atoms with E-state index in [4.69, 9.17) is 11.6 Å². The van der Waals surface area contributed by atoms with Crippen LogP contribution in [0.25, 0.3) is 10.2 Å². The van der Waals surface area contributed by atoms with Gasteiger partial charge in [-0.05, 0) is 6.07 Å². The van der Waals surface area contributed by atoms with Crippen LogP contribution in [-0.2, 0) is 4.79 Å². The summed E-state index contributed by atoms with van der Waals surface area (Å²) in [6.07, 6.45) is 0. The number of carbonyl (C=O) groups excluding carboxylic acids is 1. The van der Waals surface area contributed by atoms with Crippen LogP contribution in [0, 0.1) is 17.5 Å². The minimum absolute atomic E-state index is 0.0366. The van der Waals surface area contributed by atoms with E-state index in [2.05, 4.69) is 10.3 Å². The lowest BCUT2D eigenvalue weighted by Gasteiger charge is -1.95. The summed E-state index contributed by atoms with van der Waals surface area (Å²) in [5, 5.41) is 2.31. The molecule has 17 heavy (non-hydrogen) atoms. The topological polar surface area (TPSA) is 42.0 Å². The normalized spacial score (nSPS) is 10.8. The van der Waals surface area contributed by atoms with Gasteiger partial charge < -0.3 is 5.32 Å².